The highest BCUT2D eigenvalue weighted by Crippen LogP contribution is 2.30. The first-order valence-electron chi connectivity index (χ1n) is 4.53. The van der Waals surface area contributed by atoms with Gasteiger partial charge < -0.3 is 9.72 Å². The van der Waals surface area contributed by atoms with Crippen molar-refractivity contribution in [3.63, 3.8) is 0 Å². The summed E-state index contributed by atoms with van der Waals surface area (Å²) in [6, 6.07) is 1.94. The molecule has 0 saturated heterocycles. The van der Waals surface area contributed by atoms with E-state index in [1.54, 1.807) is 6.20 Å². The van der Waals surface area contributed by atoms with Crippen molar-refractivity contribution < 1.29 is 4.74 Å². The zero-order chi connectivity index (χ0) is 8.67. The number of hydrogen-bond donors (Lipinski definition) is 1. The molecule has 1 N–H and O–H groups in total. The van der Waals surface area contributed by atoms with Crippen molar-refractivity contribution in [3.05, 3.63) is 24.0 Å². The third-order valence-corrected chi connectivity index (χ3v) is 2.46. The number of H-pyrrole nitrogens is 1. The van der Waals surface area contributed by atoms with E-state index in [0.29, 0.717) is 0 Å². The number of nitrogens with one attached hydrogen (secondary N) is 1. The maximum Gasteiger partial charge on any atom is 0.141 e. The van der Waals surface area contributed by atoms with Gasteiger partial charge in [0.15, 0.2) is 0 Å². The van der Waals surface area contributed by atoms with E-state index < -0.39 is 0 Å². The summed E-state index contributed by atoms with van der Waals surface area (Å²) in [4.78, 5) is 7.41. The van der Waals surface area contributed by atoms with E-state index >= 15 is 0 Å². The lowest BCUT2D eigenvalue weighted by molar-refractivity contribution is 0.319. The number of hydrogen-bond acceptors (Lipinski definition) is 2. The van der Waals surface area contributed by atoms with Crippen LogP contribution in [0.15, 0.2) is 18.5 Å². The molecule has 0 radical (unpaired) electrons. The Bertz CT molecular complexity index is 447. The number of aryl methyl sites for hydroxylation is 1. The largest absolute Gasteiger partial charge is 0.493 e. The second-order valence-corrected chi connectivity index (χ2v) is 3.30. The van der Waals surface area contributed by atoms with Gasteiger partial charge in [-0.05, 0) is 24.5 Å². The van der Waals surface area contributed by atoms with Gasteiger partial charge >= 0.3 is 0 Å². The SMILES string of the molecule is c1cc2c3c(c[nH]c3n1)CCCO2. The van der Waals surface area contributed by atoms with Gasteiger partial charge in [0.2, 0.25) is 0 Å². The molecule has 1 aliphatic heterocycles. The Morgan fingerprint density at radius 2 is 2.46 bits per heavy atom. The molecule has 2 aromatic heterocycles. The summed E-state index contributed by atoms with van der Waals surface area (Å²) >= 11 is 0. The van der Waals surface area contributed by atoms with Crippen LogP contribution >= 0.6 is 0 Å². The lowest BCUT2D eigenvalue weighted by Crippen LogP contribution is -1.95. The van der Waals surface area contributed by atoms with Gasteiger partial charge in [-0.3, -0.25) is 0 Å². The molecule has 0 spiro atoms. The molecular formula is C10H10N2O. The van der Waals surface area contributed by atoms with E-state index in [1.165, 1.54) is 10.9 Å². The number of pyridine rings is 1. The summed E-state index contributed by atoms with van der Waals surface area (Å²) in [5.41, 5.74) is 2.27. The second kappa shape index (κ2) is 2.49. The Balaban J connectivity index is 2.40. The van der Waals surface area contributed by atoms with Crippen LogP contribution in [-0.4, -0.2) is 16.6 Å². The second-order valence-electron chi connectivity index (χ2n) is 3.30. The molecule has 0 amide bonds. The first-order valence-corrected chi connectivity index (χ1v) is 4.53. The Morgan fingerprint density at radius 1 is 1.46 bits per heavy atom. The van der Waals surface area contributed by atoms with Gasteiger partial charge in [-0.15, -0.1) is 0 Å². The zero-order valence-electron chi connectivity index (χ0n) is 7.21. The molecule has 0 bridgehead atoms. The predicted molar refractivity (Wildman–Crippen MR) is 49.9 cm³/mol. The van der Waals surface area contributed by atoms with Crippen molar-refractivity contribution in [2.45, 2.75) is 12.8 Å². The molecule has 0 fully saturated rings. The minimum atomic E-state index is 0.813. The molecule has 0 atom stereocenters. The first kappa shape index (κ1) is 6.95. The number of ether oxygens (including phenoxy) is 1. The standard InChI is InChI=1S/C10H10N2O/c1-2-7-6-12-10-9(7)8(13-5-1)3-4-11-10/h3-4,6H,1-2,5H2,(H,11,12). The van der Waals surface area contributed by atoms with E-state index in [9.17, 15) is 0 Å². The summed E-state index contributed by atoms with van der Waals surface area (Å²) in [6.45, 7) is 0.813. The highest BCUT2D eigenvalue weighted by molar-refractivity contribution is 5.86. The fourth-order valence-electron chi connectivity index (χ4n) is 1.85. The fourth-order valence-corrected chi connectivity index (χ4v) is 1.85. The van der Waals surface area contributed by atoms with Crippen LogP contribution in [0.2, 0.25) is 0 Å². The average Bonchev–Trinajstić information content (AvgIpc) is 2.44. The van der Waals surface area contributed by atoms with E-state index in [-0.39, 0.29) is 0 Å². The molecule has 3 rings (SSSR count). The lowest BCUT2D eigenvalue weighted by atomic mass is 10.1. The summed E-state index contributed by atoms with van der Waals surface area (Å²) < 4.78 is 5.62. The van der Waals surface area contributed by atoms with Gasteiger partial charge in [0.05, 0.1) is 12.0 Å². The molecule has 13 heavy (non-hydrogen) atoms. The molecular weight excluding hydrogens is 164 g/mol. The molecule has 0 unspecified atom stereocenters. The Morgan fingerprint density at radius 3 is 3.46 bits per heavy atom. The number of rotatable bonds is 0. The highest BCUT2D eigenvalue weighted by Gasteiger charge is 2.13. The van der Waals surface area contributed by atoms with Gasteiger partial charge in [0.25, 0.3) is 0 Å². The molecule has 66 valence electrons. The summed E-state index contributed by atoms with van der Waals surface area (Å²) in [6.07, 6.45) is 5.99. The molecule has 1 aliphatic rings. The van der Waals surface area contributed by atoms with Gasteiger partial charge in [-0.25, -0.2) is 4.98 Å². The van der Waals surface area contributed by atoms with Crippen LogP contribution < -0.4 is 4.74 Å². The van der Waals surface area contributed by atoms with Crippen molar-refractivity contribution >= 4 is 11.0 Å². The van der Waals surface area contributed by atoms with Crippen molar-refractivity contribution in [2.75, 3.05) is 6.61 Å². The minimum Gasteiger partial charge on any atom is -0.493 e. The Hall–Kier alpha value is -1.51. The number of aromatic nitrogens is 2. The molecule has 3 nitrogen and oxygen atoms in total. The summed E-state index contributed by atoms with van der Waals surface area (Å²) in [7, 11) is 0. The van der Waals surface area contributed by atoms with Crippen molar-refractivity contribution in [3.8, 4) is 5.75 Å². The van der Waals surface area contributed by atoms with Crippen LogP contribution in [0.4, 0.5) is 0 Å². The van der Waals surface area contributed by atoms with Gasteiger partial charge in [-0.2, -0.15) is 0 Å². The van der Waals surface area contributed by atoms with Gasteiger partial charge in [0.1, 0.15) is 11.4 Å². The molecule has 0 aromatic carbocycles. The molecule has 3 heteroatoms. The van der Waals surface area contributed by atoms with E-state index in [4.69, 9.17) is 4.74 Å². The van der Waals surface area contributed by atoms with Crippen LogP contribution in [0.1, 0.15) is 12.0 Å². The third-order valence-electron chi connectivity index (χ3n) is 2.46. The van der Waals surface area contributed by atoms with Crippen LogP contribution in [0.5, 0.6) is 5.75 Å². The van der Waals surface area contributed by atoms with Crippen LogP contribution in [0.25, 0.3) is 11.0 Å². The van der Waals surface area contributed by atoms with Crippen LogP contribution in [-0.2, 0) is 6.42 Å². The van der Waals surface area contributed by atoms with Crippen LogP contribution in [0, 0.1) is 0 Å². The monoisotopic (exact) mass is 174 g/mol. The predicted octanol–water partition coefficient (Wildman–Crippen LogP) is 1.89. The average molecular weight is 174 g/mol. The van der Waals surface area contributed by atoms with E-state index in [2.05, 4.69) is 9.97 Å². The zero-order valence-corrected chi connectivity index (χ0v) is 7.21. The molecule has 3 heterocycles. The summed E-state index contributed by atoms with van der Waals surface area (Å²) in [5.74, 6) is 0.971. The quantitative estimate of drug-likeness (QED) is 0.662. The number of aromatic amines is 1. The Labute approximate surface area is 75.7 Å². The van der Waals surface area contributed by atoms with Crippen LogP contribution in [0.3, 0.4) is 0 Å². The summed E-state index contributed by atoms with van der Waals surface area (Å²) in [5, 5.41) is 1.17. The fraction of sp³-hybridized carbons (Fsp3) is 0.300. The maximum absolute atomic E-state index is 5.62. The highest BCUT2D eigenvalue weighted by atomic mass is 16.5. The topological polar surface area (TPSA) is 37.9 Å². The molecule has 0 aliphatic carbocycles. The lowest BCUT2D eigenvalue weighted by Gasteiger charge is -2.02. The van der Waals surface area contributed by atoms with E-state index in [0.717, 1.165) is 30.8 Å². The van der Waals surface area contributed by atoms with E-state index in [1.807, 2.05) is 12.3 Å². The third kappa shape index (κ3) is 0.932. The molecule has 2 aromatic rings. The number of nitrogens with zero attached hydrogens (tertiary/aromatic N) is 1. The Kier molecular flexibility index (Phi) is 1.33. The normalized spacial score (nSPS) is 15.4. The van der Waals surface area contributed by atoms with Gasteiger partial charge in [-0.1, -0.05) is 0 Å². The smallest absolute Gasteiger partial charge is 0.141 e. The van der Waals surface area contributed by atoms with Crippen molar-refractivity contribution in [2.24, 2.45) is 0 Å². The van der Waals surface area contributed by atoms with Crippen molar-refractivity contribution in [1.29, 1.82) is 0 Å². The van der Waals surface area contributed by atoms with Crippen molar-refractivity contribution in [1.82, 2.24) is 9.97 Å². The maximum atomic E-state index is 5.62. The minimum absolute atomic E-state index is 0.813. The molecule has 0 saturated carbocycles. The first-order chi connectivity index (χ1) is 6.45. The van der Waals surface area contributed by atoms with Gasteiger partial charge in [0, 0.05) is 12.4 Å².